The molecule has 0 fully saturated rings. The predicted octanol–water partition coefficient (Wildman–Crippen LogP) is 17.0. The van der Waals surface area contributed by atoms with Crippen molar-refractivity contribution >= 4 is 43.6 Å². The van der Waals surface area contributed by atoms with Gasteiger partial charge in [-0.2, -0.15) is 9.97 Å². The van der Waals surface area contributed by atoms with Crippen molar-refractivity contribution in [3.63, 3.8) is 0 Å². The Morgan fingerprint density at radius 1 is 0.324 bits per heavy atom. The summed E-state index contributed by atoms with van der Waals surface area (Å²) in [5.41, 5.74) is 17.2. The van der Waals surface area contributed by atoms with E-state index in [1.165, 1.54) is 27.6 Å². The molecule has 3 heterocycles. The van der Waals surface area contributed by atoms with Crippen molar-refractivity contribution in [2.45, 2.75) is 52.4 Å². The first-order chi connectivity index (χ1) is 34.5. The first-order valence-corrected chi connectivity index (χ1v) is 24.8. The molecule has 0 atom stereocenters. The number of para-hydroxylation sites is 2. The van der Waals surface area contributed by atoms with Crippen LogP contribution in [0.1, 0.15) is 52.7 Å². The summed E-state index contributed by atoms with van der Waals surface area (Å²) >= 11 is 0. The molecule has 0 bridgehead atoms. The fraction of sp³-hybridized carbons (Fsp3) is 0.136. The molecule has 0 unspecified atom stereocenters. The summed E-state index contributed by atoms with van der Waals surface area (Å²) in [5, 5.41) is 4.60. The second-order valence-electron chi connectivity index (χ2n) is 20.9. The molecule has 12 aromatic rings. The fourth-order valence-corrected chi connectivity index (χ4v) is 11.9. The van der Waals surface area contributed by atoms with E-state index in [2.05, 4.69) is 263 Å². The molecule has 0 saturated heterocycles. The third kappa shape index (κ3) is 6.35. The van der Waals surface area contributed by atoms with E-state index in [0.29, 0.717) is 17.6 Å². The van der Waals surface area contributed by atoms with Crippen LogP contribution in [0.3, 0.4) is 0 Å². The molecule has 71 heavy (non-hydrogen) atoms. The lowest BCUT2D eigenvalue weighted by Crippen LogP contribution is -2.42. The van der Waals surface area contributed by atoms with Gasteiger partial charge in [-0.05, 0) is 85.0 Å². The van der Waals surface area contributed by atoms with Crippen LogP contribution < -0.4 is 0 Å². The first kappa shape index (κ1) is 42.7. The SMILES string of the molecule is CC1(C)c2cccc(-c3ccc(-n4c5ccccc5c5ccc6c7ccccc7n(-c7nc(-c8ccc(-c9ccccc9)cc8)nc(-c8ccccc8-c8ccccc8)n7)c6c54)cc3)c2C(C)(C)C1(C)C. The molecule has 0 N–H and O–H groups in total. The molecule has 13 rings (SSSR count). The van der Waals surface area contributed by atoms with Crippen LogP contribution in [0.15, 0.2) is 212 Å². The fourth-order valence-electron chi connectivity index (χ4n) is 11.9. The number of nitrogens with zero attached hydrogens (tertiary/aromatic N) is 5. The highest BCUT2D eigenvalue weighted by Crippen LogP contribution is 2.63. The van der Waals surface area contributed by atoms with E-state index in [0.717, 1.165) is 77.3 Å². The predicted molar refractivity (Wildman–Crippen MR) is 296 cm³/mol. The van der Waals surface area contributed by atoms with E-state index in [4.69, 9.17) is 15.0 Å². The number of hydrogen-bond donors (Lipinski definition) is 0. The van der Waals surface area contributed by atoms with Gasteiger partial charge in [0.1, 0.15) is 0 Å². The van der Waals surface area contributed by atoms with Gasteiger partial charge >= 0.3 is 0 Å². The molecular weight excluding hydrogens is 863 g/mol. The van der Waals surface area contributed by atoms with E-state index < -0.39 is 0 Å². The van der Waals surface area contributed by atoms with E-state index in [-0.39, 0.29) is 16.2 Å². The van der Waals surface area contributed by atoms with Crippen LogP contribution in [0.25, 0.3) is 111 Å². The molecule has 0 spiro atoms. The van der Waals surface area contributed by atoms with Crippen LogP contribution in [0, 0.1) is 5.41 Å². The molecule has 9 aromatic carbocycles. The summed E-state index contributed by atoms with van der Waals surface area (Å²) in [6.45, 7) is 14.6. The minimum atomic E-state index is -0.0308. The van der Waals surface area contributed by atoms with Crippen molar-refractivity contribution in [1.82, 2.24) is 24.1 Å². The van der Waals surface area contributed by atoms with Crippen LogP contribution in [0.2, 0.25) is 0 Å². The van der Waals surface area contributed by atoms with E-state index in [1.807, 2.05) is 0 Å². The quantitative estimate of drug-likeness (QED) is 0.160. The molecule has 3 aromatic heterocycles. The Morgan fingerprint density at radius 2 is 0.803 bits per heavy atom. The maximum Gasteiger partial charge on any atom is 0.238 e. The van der Waals surface area contributed by atoms with Gasteiger partial charge in [0, 0.05) is 38.4 Å². The molecule has 342 valence electrons. The van der Waals surface area contributed by atoms with Crippen LogP contribution in [0.4, 0.5) is 0 Å². The van der Waals surface area contributed by atoms with Gasteiger partial charge in [-0.3, -0.25) is 4.57 Å². The zero-order chi connectivity index (χ0) is 48.2. The van der Waals surface area contributed by atoms with Gasteiger partial charge in [0.25, 0.3) is 0 Å². The van der Waals surface area contributed by atoms with Gasteiger partial charge in [-0.15, -0.1) is 0 Å². The molecule has 1 aliphatic carbocycles. The lowest BCUT2D eigenvalue weighted by atomic mass is 9.59. The summed E-state index contributed by atoms with van der Waals surface area (Å²) in [4.78, 5) is 16.3. The smallest absolute Gasteiger partial charge is 0.238 e. The number of fused-ring (bicyclic) bond motifs is 8. The number of hydrogen-bond acceptors (Lipinski definition) is 3. The topological polar surface area (TPSA) is 48.5 Å². The van der Waals surface area contributed by atoms with Crippen molar-refractivity contribution in [1.29, 1.82) is 0 Å². The Balaban J connectivity index is 1.06. The summed E-state index contributed by atoms with van der Waals surface area (Å²) in [5.74, 6) is 1.76. The van der Waals surface area contributed by atoms with Crippen LogP contribution in [-0.2, 0) is 10.8 Å². The summed E-state index contributed by atoms with van der Waals surface area (Å²) < 4.78 is 4.74. The maximum atomic E-state index is 5.52. The first-order valence-electron chi connectivity index (χ1n) is 24.8. The number of rotatable bonds is 7. The Kier molecular flexibility index (Phi) is 9.50. The normalized spacial score (nSPS) is 14.7. The standard InChI is InChI=1S/C66H53N5/c1-64(2)55-29-19-28-49(58(55)65(3,4)66(64,5)6)45-36-38-47(39-37-45)70-56-30-17-15-25-50(56)52-40-41-53-51-26-16-18-31-57(51)71(60(53)59(52)70)63-68-61(46-34-32-43(33-35-46)42-20-9-7-10-21-42)67-62(69-63)54-27-14-13-24-48(54)44-22-11-8-12-23-44/h7-41H,1-6H3. The van der Waals surface area contributed by atoms with Crippen molar-refractivity contribution < 1.29 is 0 Å². The minimum absolute atomic E-state index is 0.0208. The van der Waals surface area contributed by atoms with Gasteiger partial charge in [0.05, 0.1) is 22.1 Å². The van der Waals surface area contributed by atoms with Gasteiger partial charge in [-0.25, -0.2) is 4.98 Å². The van der Waals surface area contributed by atoms with E-state index in [9.17, 15) is 0 Å². The van der Waals surface area contributed by atoms with E-state index >= 15 is 0 Å². The second kappa shape index (κ2) is 15.8. The molecule has 0 radical (unpaired) electrons. The Labute approximate surface area is 414 Å². The monoisotopic (exact) mass is 915 g/mol. The molecule has 0 amide bonds. The van der Waals surface area contributed by atoms with Crippen LogP contribution in [0.5, 0.6) is 0 Å². The maximum absolute atomic E-state index is 5.52. The summed E-state index contributed by atoms with van der Waals surface area (Å²) in [6.07, 6.45) is 0. The van der Waals surface area contributed by atoms with Gasteiger partial charge in [-0.1, -0.05) is 230 Å². The van der Waals surface area contributed by atoms with Crippen LogP contribution >= 0.6 is 0 Å². The van der Waals surface area contributed by atoms with Gasteiger partial charge < -0.3 is 4.57 Å². The minimum Gasteiger partial charge on any atom is -0.307 e. The van der Waals surface area contributed by atoms with Crippen molar-refractivity contribution in [2.75, 3.05) is 0 Å². The second-order valence-corrected chi connectivity index (χ2v) is 20.9. The molecular formula is C66H53N5. The number of benzene rings is 9. The molecule has 0 aliphatic heterocycles. The average Bonchev–Trinajstić information content (AvgIpc) is 3.97. The zero-order valence-corrected chi connectivity index (χ0v) is 40.9. The van der Waals surface area contributed by atoms with Gasteiger partial charge in [0.15, 0.2) is 11.6 Å². The third-order valence-corrected chi connectivity index (χ3v) is 16.7. The molecule has 1 aliphatic rings. The highest BCUT2D eigenvalue weighted by molar-refractivity contribution is 6.23. The Morgan fingerprint density at radius 3 is 1.46 bits per heavy atom. The highest BCUT2D eigenvalue weighted by atomic mass is 15.2. The van der Waals surface area contributed by atoms with E-state index in [1.54, 1.807) is 0 Å². The summed E-state index contributed by atoms with van der Waals surface area (Å²) in [7, 11) is 0. The molecule has 5 heteroatoms. The summed E-state index contributed by atoms with van der Waals surface area (Å²) in [6, 6.07) is 76.2. The molecule has 5 nitrogen and oxygen atoms in total. The highest BCUT2D eigenvalue weighted by Gasteiger charge is 2.57. The van der Waals surface area contributed by atoms with Crippen molar-refractivity contribution in [2.24, 2.45) is 5.41 Å². The third-order valence-electron chi connectivity index (χ3n) is 16.7. The van der Waals surface area contributed by atoms with Crippen LogP contribution in [-0.4, -0.2) is 24.1 Å². The average molecular weight is 916 g/mol. The Hall–Kier alpha value is -8.41. The lowest BCUT2D eigenvalue weighted by Gasteiger charge is -2.44. The van der Waals surface area contributed by atoms with Crippen molar-refractivity contribution in [3.8, 4) is 67.8 Å². The lowest BCUT2D eigenvalue weighted by molar-refractivity contribution is 0.125. The number of aromatic nitrogens is 5. The van der Waals surface area contributed by atoms with Crippen molar-refractivity contribution in [3.05, 3.63) is 223 Å². The van der Waals surface area contributed by atoms with Gasteiger partial charge in [0.2, 0.25) is 5.95 Å². The zero-order valence-electron chi connectivity index (χ0n) is 40.9. The molecule has 0 saturated carbocycles. The largest absolute Gasteiger partial charge is 0.307 e. The Bertz CT molecular complexity index is 4040.